The number of nitro groups is 1. The van der Waals surface area contributed by atoms with Crippen LogP contribution < -0.4 is 15.9 Å². The highest BCUT2D eigenvalue weighted by Crippen LogP contribution is 2.39. The van der Waals surface area contributed by atoms with Crippen molar-refractivity contribution in [3.05, 3.63) is 32.1 Å². The van der Waals surface area contributed by atoms with E-state index in [0.717, 1.165) is 11.3 Å². The Morgan fingerprint density at radius 2 is 1.97 bits per heavy atom. The molecular formula is C19H21BF3N3O5S. The van der Waals surface area contributed by atoms with Gasteiger partial charge in [0.15, 0.2) is 10.9 Å². The molecule has 4 rings (SSSR count). The van der Waals surface area contributed by atoms with E-state index in [-0.39, 0.29) is 15.9 Å². The lowest BCUT2D eigenvalue weighted by Gasteiger charge is -2.38. The van der Waals surface area contributed by atoms with Crippen molar-refractivity contribution in [2.24, 2.45) is 0 Å². The van der Waals surface area contributed by atoms with E-state index in [1.807, 2.05) is 20.8 Å². The van der Waals surface area contributed by atoms with Crippen LogP contribution in [0.5, 0.6) is 0 Å². The van der Waals surface area contributed by atoms with Crippen LogP contribution in [0, 0.1) is 10.1 Å². The monoisotopic (exact) mass is 471 g/mol. The second-order valence-corrected chi connectivity index (χ2v) is 8.23. The number of nitro benzene ring substituents is 1. The molecule has 2 saturated heterocycles. The van der Waals surface area contributed by atoms with Crippen molar-refractivity contribution >= 4 is 45.6 Å². The van der Waals surface area contributed by atoms with Gasteiger partial charge in [-0.3, -0.25) is 14.9 Å². The highest BCUT2D eigenvalue weighted by molar-refractivity contribution is 7.22. The fourth-order valence-corrected chi connectivity index (χ4v) is 4.91. The van der Waals surface area contributed by atoms with Crippen LogP contribution in [0.15, 0.2) is 10.9 Å². The first-order valence-electron chi connectivity index (χ1n) is 10.1. The summed E-state index contributed by atoms with van der Waals surface area (Å²) >= 11 is 0.772. The van der Waals surface area contributed by atoms with Gasteiger partial charge in [0.05, 0.1) is 28.6 Å². The predicted molar refractivity (Wildman–Crippen MR) is 115 cm³/mol. The van der Waals surface area contributed by atoms with Gasteiger partial charge in [-0.25, -0.2) is 0 Å². The first-order valence-corrected chi connectivity index (χ1v) is 10.9. The normalized spacial score (nSPS) is 20.3. The van der Waals surface area contributed by atoms with Crippen molar-refractivity contribution in [3.8, 4) is 0 Å². The third-order valence-electron chi connectivity index (χ3n) is 5.20. The molecular weight excluding hydrogens is 450 g/mol. The van der Waals surface area contributed by atoms with Crippen LogP contribution >= 0.6 is 11.3 Å². The van der Waals surface area contributed by atoms with Gasteiger partial charge in [-0.2, -0.15) is 18.2 Å². The summed E-state index contributed by atoms with van der Waals surface area (Å²) in [6.07, 6.45) is -3.98. The minimum absolute atomic E-state index is 0.0279. The number of fused-ring (bicyclic) bond motifs is 1. The van der Waals surface area contributed by atoms with Gasteiger partial charge in [-0.05, 0) is 6.92 Å². The molecule has 1 aromatic heterocycles. The number of piperidine rings is 1. The largest absolute Gasteiger partial charge is 0.416 e. The van der Waals surface area contributed by atoms with Crippen molar-refractivity contribution in [2.75, 3.05) is 24.6 Å². The Morgan fingerprint density at radius 1 is 1.34 bits per heavy atom. The van der Waals surface area contributed by atoms with Crippen LogP contribution in [-0.2, 0) is 15.7 Å². The maximum absolute atomic E-state index is 13.2. The zero-order chi connectivity index (χ0) is 23.8. The molecule has 172 valence electrons. The van der Waals surface area contributed by atoms with Crippen LogP contribution in [0.2, 0.25) is 0 Å². The zero-order valence-electron chi connectivity index (χ0n) is 17.7. The molecule has 2 fully saturated rings. The van der Waals surface area contributed by atoms with Crippen LogP contribution in [0.4, 0.5) is 24.0 Å². The second kappa shape index (κ2) is 8.95. The van der Waals surface area contributed by atoms with E-state index in [0.29, 0.717) is 38.6 Å². The molecule has 1 aromatic carbocycles. The molecule has 32 heavy (non-hydrogen) atoms. The summed E-state index contributed by atoms with van der Waals surface area (Å²) in [4.78, 5) is 28.7. The Bertz CT molecular complexity index is 1090. The molecule has 13 heteroatoms. The molecule has 1 unspecified atom stereocenters. The van der Waals surface area contributed by atoms with Gasteiger partial charge in [0.1, 0.15) is 12.5 Å². The summed E-state index contributed by atoms with van der Waals surface area (Å²) in [5.41, 5.74) is -4.15. The van der Waals surface area contributed by atoms with E-state index >= 15 is 0 Å². The highest BCUT2D eigenvalue weighted by atomic mass is 32.1. The Kier molecular flexibility index (Phi) is 6.82. The smallest absolute Gasteiger partial charge is 0.348 e. The lowest BCUT2D eigenvalue weighted by molar-refractivity contribution is -0.383. The molecule has 0 N–H and O–H groups in total. The van der Waals surface area contributed by atoms with E-state index in [1.165, 1.54) is 0 Å². The SMILES string of the molecule is CC.[B]c1c(C(F)(F)F)cc([N+](=O)[O-])c2sc(N3CCC4(CC3)OCC(C)O4)nc(=O)c12. The summed E-state index contributed by atoms with van der Waals surface area (Å²) in [6.45, 7) is 7.20. The Morgan fingerprint density at radius 3 is 2.47 bits per heavy atom. The van der Waals surface area contributed by atoms with Crippen molar-refractivity contribution in [1.29, 1.82) is 0 Å². The lowest BCUT2D eigenvalue weighted by atomic mass is 9.87. The van der Waals surface area contributed by atoms with Crippen molar-refractivity contribution in [1.82, 2.24) is 4.98 Å². The van der Waals surface area contributed by atoms with E-state index in [4.69, 9.17) is 17.3 Å². The first kappa shape index (κ1) is 24.4. The number of alkyl halides is 3. The number of benzene rings is 1. The fourth-order valence-electron chi connectivity index (χ4n) is 3.75. The molecule has 0 aliphatic carbocycles. The lowest BCUT2D eigenvalue weighted by Crippen LogP contribution is -2.45. The highest BCUT2D eigenvalue weighted by Gasteiger charge is 2.43. The Balaban J connectivity index is 0.00000141. The number of rotatable bonds is 2. The topological polar surface area (TPSA) is 94.8 Å². The second-order valence-electron chi connectivity index (χ2n) is 7.25. The molecule has 2 aromatic rings. The summed E-state index contributed by atoms with van der Waals surface area (Å²) in [5, 5.41) is 11.0. The maximum atomic E-state index is 13.2. The number of non-ortho nitro benzene ring substituents is 1. The van der Waals surface area contributed by atoms with Crippen molar-refractivity contribution in [2.45, 2.75) is 51.7 Å². The summed E-state index contributed by atoms with van der Waals surface area (Å²) < 4.78 is 51.1. The van der Waals surface area contributed by atoms with Gasteiger partial charge in [0, 0.05) is 32.0 Å². The maximum Gasteiger partial charge on any atom is 0.416 e. The number of aromatic nitrogens is 1. The summed E-state index contributed by atoms with van der Waals surface area (Å²) in [5.74, 6) is -0.699. The number of halogens is 3. The quantitative estimate of drug-likeness (QED) is 0.377. The predicted octanol–water partition coefficient (Wildman–Crippen LogP) is 3.14. The van der Waals surface area contributed by atoms with E-state index in [2.05, 4.69) is 4.98 Å². The van der Waals surface area contributed by atoms with Gasteiger partial charge in [0.25, 0.3) is 11.2 Å². The van der Waals surface area contributed by atoms with Gasteiger partial charge >= 0.3 is 6.18 Å². The first-order chi connectivity index (χ1) is 15.0. The average molecular weight is 471 g/mol. The fraction of sp³-hybridized carbons (Fsp3) is 0.579. The van der Waals surface area contributed by atoms with Crippen molar-refractivity contribution < 1.29 is 27.6 Å². The van der Waals surface area contributed by atoms with Gasteiger partial charge in [0.2, 0.25) is 0 Å². The number of hydrogen-bond acceptors (Lipinski definition) is 8. The van der Waals surface area contributed by atoms with Gasteiger partial charge < -0.3 is 14.4 Å². The molecule has 2 radical (unpaired) electrons. The average Bonchev–Trinajstić information content (AvgIpc) is 3.08. The minimum atomic E-state index is -4.95. The summed E-state index contributed by atoms with van der Waals surface area (Å²) in [7, 11) is 5.57. The third kappa shape index (κ3) is 4.46. The van der Waals surface area contributed by atoms with Crippen LogP contribution in [0.25, 0.3) is 10.1 Å². The zero-order valence-corrected chi connectivity index (χ0v) is 18.5. The minimum Gasteiger partial charge on any atom is -0.348 e. The third-order valence-corrected chi connectivity index (χ3v) is 6.35. The van der Waals surface area contributed by atoms with Gasteiger partial charge in [-0.1, -0.05) is 30.6 Å². The molecule has 3 heterocycles. The number of hydrogen-bond donors (Lipinski definition) is 0. The Hall–Kier alpha value is -2.25. The molecule has 2 aliphatic heterocycles. The molecule has 0 saturated carbocycles. The molecule has 1 spiro atoms. The number of anilines is 1. The molecule has 0 amide bonds. The Labute approximate surface area is 186 Å². The molecule has 2 aliphatic rings. The molecule has 8 nitrogen and oxygen atoms in total. The van der Waals surface area contributed by atoms with E-state index in [1.54, 1.807) is 4.90 Å². The number of ether oxygens (including phenoxy) is 2. The number of nitrogens with zero attached hydrogens (tertiary/aromatic N) is 3. The van der Waals surface area contributed by atoms with E-state index < -0.39 is 44.5 Å². The van der Waals surface area contributed by atoms with Crippen LogP contribution in [-0.4, -0.2) is 49.3 Å². The van der Waals surface area contributed by atoms with Crippen molar-refractivity contribution in [3.63, 3.8) is 0 Å². The van der Waals surface area contributed by atoms with Crippen LogP contribution in [0.1, 0.15) is 39.2 Å². The molecule has 0 bridgehead atoms. The van der Waals surface area contributed by atoms with Gasteiger partial charge in [-0.15, -0.1) is 0 Å². The van der Waals surface area contributed by atoms with Crippen LogP contribution in [0.3, 0.4) is 0 Å². The standard InChI is InChI=1S/C17H15BF3N3O5S.C2H6/c1-8-7-28-16(29-8)2-4-23(5-3-16)15-22-14(25)11-12(18)9(17(19,20)21)6-10(24(26)27)13(11)30-15;1-2/h6,8H,2-5,7H2,1H3;1-2H3. The van der Waals surface area contributed by atoms with E-state index in [9.17, 15) is 28.1 Å². The molecule has 1 atom stereocenters. The summed E-state index contributed by atoms with van der Waals surface area (Å²) in [6, 6.07) is 0.365.